The Morgan fingerprint density at radius 1 is 1.00 bits per heavy atom. The van der Waals surface area contributed by atoms with Gasteiger partial charge in [-0.3, -0.25) is 4.79 Å². The molecule has 0 bridgehead atoms. The summed E-state index contributed by atoms with van der Waals surface area (Å²) >= 11 is 0. The van der Waals surface area contributed by atoms with E-state index in [-0.39, 0.29) is 17.3 Å². The summed E-state index contributed by atoms with van der Waals surface area (Å²) in [6.07, 6.45) is 1.40. The molecule has 0 aromatic carbocycles. The maximum Gasteiger partial charge on any atom is 0.312 e. The van der Waals surface area contributed by atoms with Crippen LogP contribution in [-0.4, -0.2) is 23.9 Å². The molecule has 4 nitrogen and oxygen atoms in total. The highest BCUT2D eigenvalue weighted by atomic mass is 16.6. The van der Waals surface area contributed by atoms with Crippen molar-refractivity contribution in [2.24, 2.45) is 22.5 Å². The largest absolute Gasteiger partial charge is 0.459 e. The normalized spacial score (nSPS) is 16.3. The first kappa shape index (κ1) is 22.4. The Balaban J connectivity index is 4.91. The number of hydrogen-bond donors (Lipinski definition) is 1. The van der Waals surface area contributed by atoms with Crippen molar-refractivity contribution in [1.29, 1.82) is 0 Å². The van der Waals surface area contributed by atoms with E-state index in [1.807, 2.05) is 34.6 Å². The van der Waals surface area contributed by atoms with Crippen LogP contribution in [-0.2, 0) is 14.3 Å². The number of ether oxygens (including phenoxy) is 2. The average molecular weight is 330 g/mol. The van der Waals surface area contributed by atoms with Crippen LogP contribution in [0.1, 0.15) is 82.1 Å². The Hall–Kier alpha value is -0.610. The molecule has 2 N–H and O–H groups in total. The van der Waals surface area contributed by atoms with Gasteiger partial charge in [-0.15, -0.1) is 0 Å². The molecule has 0 aromatic rings. The third-order valence-corrected chi connectivity index (χ3v) is 4.19. The summed E-state index contributed by atoms with van der Waals surface area (Å²) in [4.78, 5) is 12.9. The molecule has 0 aliphatic heterocycles. The monoisotopic (exact) mass is 329 g/mol. The number of esters is 1. The van der Waals surface area contributed by atoms with Crippen LogP contribution >= 0.6 is 0 Å². The van der Waals surface area contributed by atoms with Crippen LogP contribution in [0.3, 0.4) is 0 Å². The molecule has 0 spiro atoms. The van der Waals surface area contributed by atoms with Gasteiger partial charge in [0.2, 0.25) is 0 Å². The molecular weight excluding hydrogens is 290 g/mol. The van der Waals surface area contributed by atoms with Gasteiger partial charge in [0.25, 0.3) is 0 Å². The van der Waals surface area contributed by atoms with Gasteiger partial charge in [-0.1, -0.05) is 34.6 Å². The summed E-state index contributed by atoms with van der Waals surface area (Å²) in [5.41, 5.74) is 4.14. The minimum absolute atomic E-state index is 0.0644. The fourth-order valence-electron chi connectivity index (χ4n) is 2.59. The van der Waals surface area contributed by atoms with Crippen molar-refractivity contribution in [3.63, 3.8) is 0 Å². The second kappa shape index (κ2) is 7.52. The van der Waals surface area contributed by atoms with Crippen molar-refractivity contribution < 1.29 is 14.3 Å². The summed E-state index contributed by atoms with van der Waals surface area (Å²) in [5, 5.41) is 0. The van der Waals surface area contributed by atoms with Crippen molar-refractivity contribution in [3.05, 3.63) is 0 Å². The third kappa shape index (κ3) is 8.71. The lowest BCUT2D eigenvalue weighted by Crippen LogP contribution is -2.43. The van der Waals surface area contributed by atoms with Crippen LogP contribution in [0.4, 0.5) is 0 Å². The fourth-order valence-corrected chi connectivity index (χ4v) is 2.59. The number of carbonyl (C=O) groups excluding carboxylic acids is 1. The highest BCUT2D eigenvalue weighted by molar-refractivity contribution is 5.77. The molecule has 0 aliphatic rings. The van der Waals surface area contributed by atoms with E-state index < -0.39 is 16.7 Å². The Morgan fingerprint density at radius 2 is 1.48 bits per heavy atom. The SMILES string of the molecule is CC(C)C(C)(CC(C)(C)C)C(=O)OC(C)(C)CCOC(C)(C)N. The van der Waals surface area contributed by atoms with E-state index in [0.29, 0.717) is 13.0 Å². The fraction of sp³-hybridized carbons (Fsp3) is 0.947. The molecule has 1 unspecified atom stereocenters. The Morgan fingerprint density at radius 3 is 1.83 bits per heavy atom. The lowest BCUT2D eigenvalue weighted by atomic mass is 9.68. The number of carbonyl (C=O) groups is 1. The van der Waals surface area contributed by atoms with Crippen molar-refractivity contribution >= 4 is 5.97 Å². The predicted molar refractivity (Wildman–Crippen MR) is 96.0 cm³/mol. The predicted octanol–water partition coefficient (Wildman–Crippen LogP) is 4.51. The van der Waals surface area contributed by atoms with E-state index in [9.17, 15) is 4.79 Å². The van der Waals surface area contributed by atoms with E-state index in [1.165, 1.54) is 0 Å². The van der Waals surface area contributed by atoms with E-state index in [1.54, 1.807) is 0 Å². The standard InChI is InChI=1S/C19H39NO3/c1-14(2)19(10,13-16(3,4)5)15(21)23-17(6,7)11-12-22-18(8,9)20/h14H,11-13,20H2,1-10H3. The van der Waals surface area contributed by atoms with Gasteiger partial charge in [0.1, 0.15) is 11.3 Å². The van der Waals surface area contributed by atoms with Crippen LogP contribution in [0.5, 0.6) is 0 Å². The van der Waals surface area contributed by atoms with E-state index >= 15 is 0 Å². The molecule has 0 fully saturated rings. The molecule has 0 aliphatic carbocycles. The van der Waals surface area contributed by atoms with Gasteiger partial charge in [0, 0.05) is 6.42 Å². The van der Waals surface area contributed by atoms with Gasteiger partial charge in [0.05, 0.1) is 12.0 Å². The molecule has 0 amide bonds. The summed E-state index contributed by atoms with van der Waals surface area (Å²) < 4.78 is 11.4. The number of hydrogen-bond acceptors (Lipinski definition) is 4. The number of rotatable bonds is 8. The molecule has 0 saturated carbocycles. The molecule has 0 heterocycles. The minimum Gasteiger partial charge on any atom is -0.459 e. The molecule has 0 radical (unpaired) electrons. The summed E-state index contributed by atoms with van der Waals surface area (Å²) in [6.45, 7) is 20.6. The second-order valence-corrected chi connectivity index (χ2v) is 9.66. The molecule has 4 heteroatoms. The lowest BCUT2D eigenvalue weighted by Gasteiger charge is -2.39. The minimum atomic E-state index is -0.668. The van der Waals surface area contributed by atoms with E-state index in [4.69, 9.17) is 15.2 Å². The van der Waals surface area contributed by atoms with Crippen molar-refractivity contribution in [3.8, 4) is 0 Å². The van der Waals surface area contributed by atoms with Crippen molar-refractivity contribution in [2.45, 2.75) is 93.4 Å². The van der Waals surface area contributed by atoms with Crippen molar-refractivity contribution in [1.82, 2.24) is 0 Å². The lowest BCUT2D eigenvalue weighted by molar-refractivity contribution is -0.175. The van der Waals surface area contributed by atoms with Gasteiger partial charge in [-0.25, -0.2) is 0 Å². The van der Waals surface area contributed by atoms with Gasteiger partial charge < -0.3 is 15.2 Å². The molecule has 0 aromatic heterocycles. The number of nitrogens with two attached hydrogens (primary N) is 1. The van der Waals surface area contributed by atoms with Crippen LogP contribution in [0.15, 0.2) is 0 Å². The maximum absolute atomic E-state index is 12.9. The highest BCUT2D eigenvalue weighted by Crippen LogP contribution is 2.41. The summed E-state index contributed by atoms with van der Waals surface area (Å²) in [6, 6.07) is 0. The Bertz CT molecular complexity index is 388. The molecular formula is C19H39NO3. The molecule has 0 saturated heterocycles. The van der Waals surface area contributed by atoms with Gasteiger partial charge in [0.15, 0.2) is 0 Å². The van der Waals surface area contributed by atoms with Crippen molar-refractivity contribution in [2.75, 3.05) is 6.61 Å². The first-order valence-electron chi connectivity index (χ1n) is 8.65. The molecule has 138 valence electrons. The second-order valence-electron chi connectivity index (χ2n) is 9.66. The zero-order valence-corrected chi connectivity index (χ0v) is 17.0. The average Bonchev–Trinajstić information content (AvgIpc) is 2.22. The molecule has 0 rings (SSSR count). The zero-order valence-electron chi connectivity index (χ0n) is 17.0. The van der Waals surface area contributed by atoms with Gasteiger partial charge in [-0.05, 0) is 52.4 Å². The van der Waals surface area contributed by atoms with Gasteiger partial charge >= 0.3 is 5.97 Å². The Kier molecular flexibility index (Phi) is 7.32. The van der Waals surface area contributed by atoms with Crippen LogP contribution in [0.2, 0.25) is 0 Å². The zero-order chi connectivity index (χ0) is 18.7. The van der Waals surface area contributed by atoms with E-state index in [0.717, 1.165) is 6.42 Å². The van der Waals surface area contributed by atoms with Gasteiger partial charge in [-0.2, -0.15) is 0 Å². The first-order chi connectivity index (χ1) is 9.99. The summed E-state index contributed by atoms with van der Waals surface area (Å²) in [5.74, 6) is 0.0867. The smallest absolute Gasteiger partial charge is 0.312 e. The van der Waals surface area contributed by atoms with Crippen LogP contribution in [0, 0.1) is 16.7 Å². The Labute approximate surface area is 143 Å². The molecule has 23 heavy (non-hydrogen) atoms. The first-order valence-corrected chi connectivity index (χ1v) is 8.65. The quantitative estimate of drug-likeness (QED) is 0.526. The highest BCUT2D eigenvalue weighted by Gasteiger charge is 2.43. The third-order valence-electron chi connectivity index (χ3n) is 4.19. The molecule has 1 atom stereocenters. The van der Waals surface area contributed by atoms with E-state index in [2.05, 4.69) is 34.6 Å². The maximum atomic E-state index is 12.9. The topological polar surface area (TPSA) is 61.5 Å². The van der Waals surface area contributed by atoms with Crippen LogP contribution < -0.4 is 5.73 Å². The summed E-state index contributed by atoms with van der Waals surface area (Å²) in [7, 11) is 0. The van der Waals surface area contributed by atoms with Crippen LogP contribution in [0.25, 0.3) is 0 Å².